The van der Waals surface area contributed by atoms with Crippen LogP contribution in [0.5, 0.6) is 5.75 Å². The van der Waals surface area contributed by atoms with E-state index < -0.39 is 13.0 Å². The monoisotopic (exact) mass is 282 g/mol. The van der Waals surface area contributed by atoms with Crippen LogP contribution in [0.25, 0.3) is 0 Å². The zero-order chi connectivity index (χ0) is 14.4. The molecule has 0 saturated heterocycles. The Balaban J connectivity index is 1.85. The molecular weight excluding hydrogens is 269 g/mol. The van der Waals surface area contributed by atoms with Crippen molar-refractivity contribution in [2.75, 3.05) is 0 Å². The zero-order valence-corrected chi connectivity index (χ0v) is 10.6. The van der Waals surface area contributed by atoms with Gasteiger partial charge in [-0.15, -0.1) is 13.2 Å². The van der Waals surface area contributed by atoms with Crippen molar-refractivity contribution in [1.82, 2.24) is 0 Å². The SMILES string of the molecule is FC(F)(F)OCc1ccc(OCc2ccccc2)cc1. The lowest BCUT2D eigenvalue weighted by Crippen LogP contribution is -2.12. The van der Waals surface area contributed by atoms with Crippen LogP contribution in [0.15, 0.2) is 54.6 Å². The molecular formula is C15H13F3O2. The summed E-state index contributed by atoms with van der Waals surface area (Å²) in [6, 6.07) is 16.0. The summed E-state index contributed by atoms with van der Waals surface area (Å²) in [6.45, 7) is -0.0816. The molecule has 0 fully saturated rings. The van der Waals surface area contributed by atoms with Crippen LogP contribution < -0.4 is 4.74 Å². The number of alkyl halides is 3. The molecule has 20 heavy (non-hydrogen) atoms. The van der Waals surface area contributed by atoms with Gasteiger partial charge in [-0.3, -0.25) is 4.74 Å². The highest BCUT2D eigenvalue weighted by Crippen LogP contribution is 2.20. The van der Waals surface area contributed by atoms with Gasteiger partial charge in [0.25, 0.3) is 0 Å². The first-order valence-corrected chi connectivity index (χ1v) is 5.99. The van der Waals surface area contributed by atoms with Gasteiger partial charge in [0.15, 0.2) is 0 Å². The van der Waals surface area contributed by atoms with Gasteiger partial charge in [0, 0.05) is 0 Å². The van der Waals surface area contributed by atoms with Crippen molar-refractivity contribution in [3.63, 3.8) is 0 Å². The van der Waals surface area contributed by atoms with Crippen LogP contribution >= 0.6 is 0 Å². The van der Waals surface area contributed by atoms with Gasteiger partial charge in [-0.25, -0.2) is 0 Å². The minimum atomic E-state index is -4.61. The second-order valence-corrected chi connectivity index (χ2v) is 4.15. The van der Waals surface area contributed by atoms with Crippen LogP contribution in [0.4, 0.5) is 13.2 Å². The van der Waals surface area contributed by atoms with Gasteiger partial charge in [0.1, 0.15) is 12.4 Å². The predicted octanol–water partition coefficient (Wildman–Crippen LogP) is 4.30. The van der Waals surface area contributed by atoms with E-state index in [2.05, 4.69) is 4.74 Å². The molecule has 2 rings (SSSR count). The van der Waals surface area contributed by atoms with Gasteiger partial charge in [-0.1, -0.05) is 42.5 Å². The third kappa shape index (κ3) is 4.93. The van der Waals surface area contributed by atoms with E-state index in [0.717, 1.165) is 5.56 Å². The molecule has 0 aliphatic carbocycles. The van der Waals surface area contributed by atoms with Crippen molar-refractivity contribution in [2.24, 2.45) is 0 Å². The number of benzene rings is 2. The highest BCUT2D eigenvalue weighted by atomic mass is 19.4. The van der Waals surface area contributed by atoms with E-state index in [4.69, 9.17) is 4.74 Å². The maximum atomic E-state index is 11.9. The Labute approximate surface area is 114 Å². The average molecular weight is 282 g/mol. The Morgan fingerprint density at radius 2 is 1.35 bits per heavy atom. The summed E-state index contributed by atoms with van der Waals surface area (Å²) in [6.07, 6.45) is -4.61. The first kappa shape index (κ1) is 14.4. The van der Waals surface area contributed by atoms with E-state index in [-0.39, 0.29) is 0 Å². The van der Waals surface area contributed by atoms with Crippen molar-refractivity contribution in [1.29, 1.82) is 0 Å². The fourth-order valence-electron chi connectivity index (χ4n) is 1.59. The molecule has 0 N–H and O–H groups in total. The predicted molar refractivity (Wildman–Crippen MR) is 68.1 cm³/mol. The molecule has 0 aromatic heterocycles. The van der Waals surface area contributed by atoms with E-state index in [1.54, 1.807) is 24.3 Å². The first-order valence-electron chi connectivity index (χ1n) is 5.99. The van der Waals surface area contributed by atoms with Crippen LogP contribution in [-0.2, 0) is 18.0 Å². The molecule has 0 unspecified atom stereocenters. The zero-order valence-electron chi connectivity index (χ0n) is 10.6. The Morgan fingerprint density at radius 3 is 1.95 bits per heavy atom. The van der Waals surface area contributed by atoms with Crippen LogP contribution in [0, 0.1) is 0 Å². The molecule has 0 atom stereocenters. The standard InChI is InChI=1S/C15H13F3O2/c16-15(17,18)20-11-13-6-8-14(9-7-13)19-10-12-4-2-1-3-5-12/h1-9H,10-11H2. The Kier molecular flexibility index (Phi) is 4.63. The van der Waals surface area contributed by atoms with Gasteiger partial charge in [0.05, 0.1) is 6.61 Å². The largest absolute Gasteiger partial charge is 0.522 e. The van der Waals surface area contributed by atoms with Crippen molar-refractivity contribution >= 4 is 0 Å². The topological polar surface area (TPSA) is 18.5 Å². The summed E-state index contributed by atoms with van der Waals surface area (Å²) in [5.74, 6) is 0.601. The van der Waals surface area contributed by atoms with Gasteiger partial charge < -0.3 is 4.74 Å². The van der Waals surface area contributed by atoms with Gasteiger partial charge in [-0.05, 0) is 23.3 Å². The smallest absolute Gasteiger partial charge is 0.489 e. The highest BCUT2D eigenvalue weighted by molar-refractivity contribution is 5.27. The Morgan fingerprint density at radius 1 is 0.750 bits per heavy atom. The lowest BCUT2D eigenvalue weighted by molar-refractivity contribution is -0.330. The summed E-state index contributed by atoms with van der Waals surface area (Å²) in [4.78, 5) is 0. The molecule has 0 spiro atoms. The minimum absolute atomic E-state index is 0.416. The summed E-state index contributed by atoms with van der Waals surface area (Å²) in [7, 11) is 0. The van der Waals surface area contributed by atoms with E-state index in [9.17, 15) is 13.2 Å². The summed E-state index contributed by atoms with van der Waals surface area (Å²) >= 11 is 0. The van der Waals surface area contributed by atoms with E-state index in [0.29, 0.717) is 17.9 Å². The number of hydrogen-bond donors (Lipinski definition) is 0. The van der Waals surface area contributed by atoms with Crippen LogP contribution in [-0.4, -0.2) is 6.36 Å². The van der Waals surface area contributed by atoms with Crippen LogP contribution in [0.2, 0.25) is 0 Å². The quantitative estimate of drug-likeness (QED) is 0.814. The van der Waals surface area contributed by atoms with Crippen molar-refractivity contribution in [3.8, 4) is 5.75 Å². The third-order valence-corrected chi connectivity index (χ3v) is 2.57. The second-order valence-electron chi connectivity index (χ2n) is 4.15. The molecule has 2 aromatic rings. The van der Waals surface area contributed by atoms with E-state index in [1.165, 1.54) is 0 Å². The van der Waals surface area contributed by atoms with Crippen molar-refractivity contribution in [3.05, 3.63) is 65.7 Å². The maximum Gasteiger partial charge on any atom is 0.522 e. The molecule has 0 bridgehead atoms. The normalized spacial score (nSPS) is 11.3. The summed E-state index contributed by atoms with van der Waals surface area (Å²) < 4.78 is 44.9. The molecule has 106 valence electrons. The minimum Gasteiger partial charge on any atom is -0.489 e. The molecule has 0 amide bonds. The van der Waals surface area contributed by atoms with Gasteiger partial charge in [0.2, 0.25) is 0 Å². The van der Waals surface area contributed by atoms with Crippen molar-refractivity contribution in [2.45, 2.75) is 19.6 Å². The van der Waals surface area contributed by atoms with Gasteiger partial charge >= 0.3 is 6.36 Å². The third-order valence-electron chi connectivity index (χ3n) is 2.57. The molecule has 0 aliphatic heterocycles. The fourth-order valence-corrected chi connectivity index (χ4v) is 1.59. The highest BCUT2D eigenvalue weighted by Gasteiger charge is 2.28. The molecule has 0 saturated carbocycles. The Hall–Kier alpha value is -2.01. The van der Waals surface area contributed by atoms with Crippen LogP contribution in [0.1, 0.15) is 11.1 Å². The van der Waals surface area contributed by atoms with Crippen LogP contribution in [0.3, 0.4) is 0 Å². The fraction of sp³-hybridized carbons (Fsp3) is 0.200. The molecule has 0 radical (unpaired) electrons. The number of rotatable bonds is 5. The molecule has 0 heterocycles. The Bertz CT molecular complexity index is 521. The summed E-state index contributed by atoms with van der Waals surface area (Å²) in [5, 5.41) is 0. The number of halogens is 3. The molecule has 2 aromatic carbocycles. The maximum absolute atomic E-state index is 11.9. The van der Waals surface area contributed by atoms with E-state index >= 15 is 0 Å². The first-order chi connectivity index (χ1) is 9.53. The lowest BCUT2D eigenvalue weighted by atomic mass is 10.2. The van der Waals surface area contributed by atoms with Gasteiger partial charge in [-0.2, -0.15) is 0 Å². The summed E-state index contributed by atoms with van der Waals surface area (Å²) in [5.41, 5.74) is 1.46. The molecule has 5 heteroatoms. The number of hydrogen-bond acceptors (Lipinski definition) is 2. The molecule has 2 nitrogen and oxygen atoms in total. The average Bonchev–Trinajstić information content (AvgIpc) is 2.44. The second kappa shape index (κ2) is 6.43. The van der Waals surface area contributed by atoms with Crippen molar-refractivity contribution < 1.29 is 22.6 Å². The lowest BCUT2D eigenvalue weighted by Gasteiger charge is -2.09. The van der Waals surface area contributed by atoms with E-state index in [1.807, 2.05) is 30.3 Å². The number of ether oxygens (including phenoxy) is 2. The molecule has 0 aliphatic rings.